The SMILES string of the molecule is CN(C)C(=O)c1cnn([C@@H]2CCCNCC2)c1. The maximum atomic E-state index is 11.8. The quantitative estimate of drug-likeness (QED) is 0.830. The van der Waals surface area contributed by atoms with Crippen LogP contribution in [0.2, 0.25) is 0 Å². The van der Waals surface area contributed by atoms with Crippen molar-refractivity contribution in [3.05, 3.63) is 18.0 Å². The van der Waals surface area contributed by atoms with E-state index in [0.29, 0.717) is 11.6 Å². The van der Waals surface area contributed by atoms with Crippen LogP contribution in [0, 0.1) is 0 Å². The summed E-state index contributed by atoms with van der Waals surface area (Å²) in [6, 6.07) is 0.425. The minimum Gasteiger partial charge on any atom is -0.345 e. The van der Waals surface area contributed by atoms with E-state index in [1.165, 1.54) is 6.42 Å². The van der Waals surface area contributed by atoms with Crippen LogP contribution in [-0.4, -0.2) is 47.8 Å². The molecule has 0 radical (unpaired) electrons. The second kappa shape index (κ2) is 5.31. The molecule has 5 heteroatoms. The van der Waals surface area contributed by atoms with Crippen molar-refractivity contribution in [2.45, 2.75) is 25.3 Å². The van der Waals surface area contributed by atoms with E-state index < -0.39 is 0 Å². The Labute approximate surface area is 102 Å². The van der Waals surface area contributed by atoms with Gasteiger partial charge < -0.3 is 10.2 Å². The monoisotopic (exact) mass is 236 g/mol. The summed E-state index contributed by atoms with van der Waals surface area (Å²) in [7, 11) is 3.52. The molecule has 1 amide bonds. The highest BCUT2D eigenvalue weighted by atomic mass is 16.2. The summed E-state index contributed by atoms with van der Waals surface area (Å²) >= 11 is 0. The van der Waals surface area contributed by atoms with Crippen molar-refractivity contribution >= 4 is 5.91 Å². The van der Waals surface area contributed by atoms with Gasteiger partial charge in [0.15, 0.2) is 0 Å². The van der Waals surface area contributed by atoms with Gasteiger partial charge in [0.25, 0.3) is 5.91 Å². The van der Waals surface area contributed by atoms with Crippen LogP contribution in [0.3, 0.4) is 0 Å². The largest absolute Gasteiger partial charge is 0.345 e. The molecule has 1 N–H and O–H groups in total. The van der Waals surface area contributed by atoms with Gasteiger partial charge >= 0.3 is 0 Å². The second-order valence-electron chi connectivity index (χ2n) is 4.74. The lowest BCUT2D eigenvalue weighted by molar-refractivity contribution is 0.0827. The van der Waals surface area contributed by atoms with Crippen LogP contribution in [0.5, 0.6) is 0 Å². The van der Waals surface area contributed by atoms with Gasteiger partial charge in [-0.25, -0.2) is 0 Å². The van der Waals surface area contributed by atoms with E-state index in [1.807, 2.05) is 10.9 Å². The van der Waals surface area contributed by atoms with E-state index in [1.54, 1.807) is 25.2 Å². The standard InChI is InChI=1S/C12H20N4O/c1-15(2)12(17)10-8-14-16(9-10)11-4-3-6-13-7-5-11/h8-9,11,13H,3-7H2,1-2H3/t11-/m1/s1. The number of nitrogens with one attached hydrogen (secondary N) is 1. The van der Waals surface area contributed by atoms with Gasteiger partial charge in [0.05, 0.1) is 17.8 Å². The van der Waals surface area contributed by atoms with Gasteiger partial charge in [-0.2, -0.15) is 5.10 Å². The number of rotatable bonds is 2. The van der Waals surface area contributed by atoms with Gasteiger partial charge in [-0.05, 0) is 32.4 Å². The zero-order valence-electron chi connectivity index (χ0n) is 10.5. The summed E-state index contributed by atoms with van der Waals surface area (Å²) in [5.41, 5.74) is 0.673. The maximum absolute atomic E-state index is 11.8. The fraction of sp³-hybridized carbons (Fsp3) is 0.667. The van der Waals surface area contributed by atoms with Gasteiger partial charge in [-0.15, -0.1) is 0 Å². The number of amides is 1. The number of nitrogens with zero attached hydrogens (tertiary/aromatic N) is 3. The molecule has 94 valence electrons. The van der Waals surface area contributed by atoms with Gasteiger partial charge in [0, 0.05) is 20.3 Å². The van der Waals surface area contributed by atoms with E-state index in [2.05, 4.69) is 10.4 Å². The van der Waals surface area contributed by atoms with Crippen molar-refractivity contribution in [1.29, 1.82) is 0 Å². The molecule has 0 spiro atoms. The van der Waals surface area contributed by atoms with Crippen LogP contribution in [0.1, 0.15) is 35.7 Å². The highest BCUT2D eigenvalue weighted by molar-refractivity contribution is 5.93. The molecular weight excluding hydrogens is 216 g/mol. The highest BCUT2D eigenvalue weighted by Gasteiger charge is 2.17. The van der Waals surface area contributed by atoms with Crippen LogP contribution >= 0.6 is 0 Å². The molecule has 0 bridgehead atoms. The molecule has 0 unspecified atom stereocenters. The first-order chi connectivity index (χ1) is 8.18. The van der Waals surface area contributed by atoms with E-state index >= 15 is 0 Å². The van der Waals surface area contributed by atoms with E-state index in [0.717, 1.165) is 25.9 Å². The number of carbonyl (C=O) groups excluding carboxylic acids is 1. The Hall–Kier alpha value is -1.36. The number of carbonyl (C=O) groups is 1. The van der Waals surface area contributed by atoms with Gasteiger partial charge in [-0.1, -0.05) is 0 Å². The zero-order chi connectivity index (χ0) is 12.3. The first-order valence-corrected chi connectivity index (χ1v) is 6.15. The molecule has 0 aliphatic carbocycles. The molecule has 1 fully saturated rings. The van der Waals surface area contributed by atoms with Crippen molar-refractivity contribution in [3.8, 4) is 0 Å². The molecule has 2 heterocycles. The maximum Gasteiger partial charge on any atom is 0.256 e. The molecule has 5 nitrogen and oxygen atoms in total. The molecule has 1 aliphatic heterocycles. The summed E-state index contributed by atoms with van der Waals surface area (Å²) in [5, 5.41) is 7.70. The van der Waals surface area contributed by atoms with Crippen LogP contribution in [-0.2, 0) is 0 Å². The third kappa shape index (κ3) is 2.85. The second-order valence-corrected chi connectivity index (χ2v) is 4.74. The molecule has 2 rings (SSSR count). The summed E-state index contributed by atoms with van der Waals surface area (Å²) in [6.45, 7) is 2.11. The Balaban J connectivity index is 2.09. The Bertz CT molecular complexity index is 378. The van der Waals surface area contributed by atoms with Crippen molar-refractivity contribution in [3.63, 3.8) is 0 Å². The smallest absolute Gasteiger partial charge is 0.256 e. The van der Waals surface area contributed by atoms with Gasteiger partial charge in [-0.3, -0.25) is 9.48 Å². The van der Waals surface area contributed by atoms with E-state index in [4.69, 9.17) is 0 Å². The normalized spacial score (nSPS) is 20.9. The minimum atomic E-state index is 0.0167. The predicted octanol–water partition coefficient (Wildman–Crippen LogP) is 0.899. The van der Waals surface area contributed by atoms with Crippen molar-refractivity contribution < 1.29 is 4.79 Å². The van der Waals surface area contributed by atoms with Gasteiger partial charge in [0.2, 0.25) is 0 Å². The lowest BCUT2D eigenvalue weighted by Gasteiger charge is -2.14. The fourth-order valence-electron chi connectivity index (χ4n) is 2.17. The summed E-state index contributed by atoms with van der Waals surface area (Å²) in [4.78, 5) is 13.3. The lowest BCUT2D eigenvalue weighted by atomic mass is 10.1. The van der Waals surface area contributed by atoms with Crippen LogP contribution < -0.4 is 5.32 Å². The molecule has 1 saturated heterocycles. The van der Waals surface area contributed by atoms with Gasteiger partial charge in [0.1, 0.15) is 0 Å². The topological polar surface area (TPSA) is 50.2 Å². The molecule has 1 aliphatic rings. The van der Waals surface area contributed by atoms with Crippen LogP contribution in [0.25, 0.3) is 0 Å². The Morgan fingerprint density at radius 3 is 3.06 bits per heavy atom. The minimum absolute atomic E-state index is 0.0167. The lowest BCUT2D eigenvalue weighted by Crippen LogP contribution is -2.21. The molecule has 0 aromatic carbocycles. The summed E-state index contributed by atoms with van der Waals surface area (Å²) < 4.78 is 1.95. The average molecular weight is 236 g/mol. The molecule has 1 atom stereocenters. The number of hydrogen-bond donors (Lipinski definition) is 1. The van der Waals surface area contributed by atoms with Crippen LogP contribution in [0.15, 0.2) is 12.4 Å². The van der Waals surface area contributed by atoms with E-state index in [9.17, 15) is 4.79 Å². The molecule has 0 saturated carbocycles. The Morgan fingerprint density at radius 1 is 1.47 bits per heavy atom. The molecule has 1 aromatic heterocycles. The van der Waals surface area contributed by atoms with Crippen molar-refractivity contribution in [2.75, 3.05) is 27.2 Å². The molecular formula is C12H20N4O. The highest BCUT2D eigenvalue weighted by Crippen LogP contribution is 2.19. The molecule has 1 aromatic rings. The van der Waals surface area contributed by atoms with Crippen LogP contribution in [0.4, 0.5) is 0 Å². The Morgan fingerprint density at radius 2 is 2.29 bits per heavy atom. The molecule has 17 heavy (non-hydrogen) atoms. The number of hydrogen-bond acceptors (Lipinski definition) is 3. The third-order valence-corrected chi connectivity index (χ3v) is 3.17. The van der Waals surface area contributed by atoms with Crippen molar-refractivity contribution in [2.24, 2.45) is 0 Å². The van der Waals surface area contributed by atoms with E-state index in [-0.39, 0.29) is 5.91 Å². The average Bonchev–Trinajstić information content (AvgIpc) is 2.64. The zero-order valence-corrected chi connectivity index (χ0v) is 10.5. The first kappa shape index (κ1) is 12.1. The fourth-order valence-corrected chi connectivity index (χ4v) is 2.17. The summed E-state index contributed by atoms with van der Waals surface area (Å²) in [5.74, 6) is 0.0167. The summed E-state index contributed by atoms with van der Waals surface area (Å²) in [6.07, 6.45) is 6.92. The predicted molar refractivity (Wildman–Crippen MR) is 66.0 cm³/mol. The number of aromatic nitrogens is 2. The first-order valence-electron chi connectivity index (χ1n) is 6.15. The Kier molecular flexibility index (Phi) is 3.78. The third-order valence-electron chi connectivity index (χ3n) is 3.17. The van der Waals surface area contributed by atoms with Crippen molar-refractivity contribution in [1.82, 2.24) is 20.0 Å².